The third-order valence-electron chi connectivity index (χ3n) is 2.40. The molecule has 0 aliphatic carbocycles. The standard InChI is InChI=1S/C13H11BrF3N3S/c1-2-18-10-5-8(13(15,16)17)6-12(20-10)21-11-4-3-9(14)7-19-11/h3-7H,2H2,1H3,(H,18,20). The van der Waals surface area contributed by atoms with Crippen LogP contribution in [0.3, 0.4) is 0 Å². The SMILES string of the molecule is CCNc1cc(C(F)(F)F)cc(Sc2ccc(Br)cn2)n1. The normalized spacial score (nSPS) is 11.5. The number of hydrogen-bond donors (Lipinski definition) is 1. The van der Waals surface area contributed by atoms with Crippen molar-refractivity contribution < 1.29 is 13.2 Å². The van der Waals surface area contributed by atoms with E-state index in [-0.39, 0.29) is 10.8 Å². The molecule has 8 heteroatoms. The Balaban J connectivity index is 2.33. The van der Waals surface area contributed by atoms with E-state index in [2.05, 4.69) is 31.2 Å². The molecule has 2 aromatic rings. The van der Waals surface area contributed by atoms with Gasteiger partial charge in [0, 0.05) is 17.2 Å². The van der Waals surface area contributed by atoms with Crippen LogP contribution >= 0.6 is 27.7 Å². The van der Waals surface area contributed by atoms with Crippen LogP contribution < -0.4 is 5.32 Å². The minimum absolute atomic E-state index is 0.201. The van der Waals surface area contributed by atoms with E-state index in [1.807, 2.05) is 0 Å². The Bertz CT molecular complexity index is 617. The van der Waals surface area contributed by atoms with Crippen molar-refractivity contribution in [1.29, 1.82) is 0 Å². The van der Waals surface area contributed by atoms with Crippen molar-refractivity contribution in [3.8, 4) is 0 Å². The molecule has 112 valence electrons. The quantitative estimate of drug-likeness (QED) is 0.826. The average molecular weight is 378 g/mol. The minimum atomic E-state index is -4.41. The average Bonchev–Trinajstić information content (AvgIpc) is 2.41. The largest absolute Gasteiger partial charge is 0.416 e. The van der Waals surface area contributed by atoms with Gasteiger partial charge in [-0.2, -0.15) is 13.2 Å². The van der Waals surface area contributed by atoms with Gasteiger partial charge in [0.05, 0.1) is 5.56 Å². The smallest absolute Gasteiger partial charge is 0.370 e. The number of halogens is 4. The maximum Gasteiger partial charge on any atom is 0.416 e. The van der Waals surface area contributed by atoms with Crippen LogP contribution in [0.2, 0.25) is 0 Å². The van der Waals surface area contributed by atoms with E-state index in [9.17, 15) is 13.2 Å². The molecule has 0 spiro atoms. The van der Waals surface area contributed by atoms with Crippen LogP contribution in [0.25, 0.3) is 0 Å². The molecular weight excluding hydrogens is 367 g/mol. The van der Waals surface area contributed by atoms with Crippen molar-refractivity contribution in [3.05, 3.63) is 40.5 Å². The third-order valence-corrected chi connectivity index (χ3v) is 3.73. The van der Waals surface area contributed by atoms with Crippen LogP contribution in [-0.4, -0.2) is 16.5 Å². The van der Waals surface area contributed by atoms with Gasteiger partial charge in [-0.1, -0.05) is 11.8 Å². The lowest BCUT2D eigenvalue weighted by atomic mass is 10.2. The van der Waals surface area contributed by atoms with Crippen molar-refractivity contribution in [3.63, 3.8) is 0 Å². The fourth-order valence-corrected chi connectivity index (χ4v) is 2.54. The van der Waals surface area contributed by atoms with Gasteiger partial charge >= 0.3 is 6.18 Å². The van der Waals surface area contributed by atoms with E-state index >= 15 is 0 Å². The highest BCUT2D eigenvalue weighted by Crippen LogP contribution is 2.34. The van der Waals surface area contributed by atoms with Crippen molar-refractivity contribution in [2.75, 3.05) is 11.9 Å². The molecule has 2 aromatic heterocycles. The first-order chi connectivity index (χ1) is 9.88. The molecule has 0 saturated heterocycles. The Morgan fingerprint density at radius 1 is 1.24 bits per heavy atom. The van der Waals surface area contributed by atoms with E-state index in [0.29, 0.717) is 11.6 Å². The van der Waals surface area contributed by atoms with Crippen molar-refractivity contribution in [2.45, 2.75) is 23.2 Å². The number of hydrogen-bond acceptors (Lipinski definition) is 4. The van der Waals surface area contributed by atoms with Crippen molar-refractivity contribution in [1.82, 2.24) is 9.97 Å². The molecule has 0 aromatic carbocycles. The van der Waals surface area contributed by atoms with Crippen LogP contribution in [0.4, 0.5) is 19.0 Å². The highest BCUT2D eigenvalue weighted by Gasteiger charge is 2.31. The van der Waals surface area contributed by atoms with Gasteiger partial charge in [0.25, 0.3) is 0 Å². The second-order valence-corrected chi connectivity index (χ2v) is 5.98. The highest BCUT2D eigenvalue weighted by molar-refractivity contribution is 9.10. The van der Waals surface area contributed by atoms with Gasteiger partial charge in [0.15, 0.2) is 0 Å². The Morgan fingerprint density at radius 3 is 2.57 bits per heavy atom. The van der Waals surface area contributed by atoms with Gasteiger partial charge in [-0.3, -0.25) is 0 Å². The van der Waals surface area contributed by atoms with Crippen LogP contribution in [0.1, 0.15) is 12.5 Å². The maximum absolute atomic E-state index is 12.9. The van der Waals surface area contributed by atoms with E-state index in [1.165, 1.54) is 0 Å². The molecule has 0 amide bonds. The zero-order valence-corrected chi connectivity index (χ0v) is 13.3. The molecule has 0 unspecified atom stereocenters. The lowest BCUT2D eigenvalue weighted by Crippen LogP contribution is -2.08. The van der Waals surface area contributed by atoms with E-state index in [4.69, 9.17) is 0 Å². The van der Waals surface area contributed by atoms with E-state index in [1.54, 1.807) is 25.3 Å². The Hall–Kier alpha value is -1.28. The summed E-state index contributed by atoms with van der Waals surface area (Å²) in [5, 5.41) is 3.63. The maximum atomic E-state index is 12.9. The van der Waals surface area contributed by atoms with E-state index < -0.39 is 11.7 Å². The molecule has 0 aliphatic heterocycles. The Morgan fingerprint density at radius 2 is 2.00 bits per heavy atom. The summed E-state index contributed by atoms with van der Waals surface area (Å²) in [4.78, 5) is 8.27. The van der Waals surface area contributed by atoms with Gasteiger partial charge < -0.3 is 5.32 Å². The molecule has 0 atom stereocenters. The lowest BCUT2D eigenvalue weighted by molar-refractivity contribution is -0.137. The summed E-state index contributed by atoms with van der Waals surface area (Å²) in [5.74, 6) is 0.201. The molecule has 0 saturated carbocycles. The fourth-order valence-electron chi connectivity index (χ4n) is 1.52. The number of anilines is 1. The molecule has 0 bridgehead atoms. The number of nitrogens with one attached hydrogen (secondary N) is 1. The summed E-state index contributed by atoms with van der Waals surface area (Å²) < 4.78 is 39.5. The molecule has 3 nitrogen and oxygen atoms in total. The topological polar surface area (TPSA) is 37.8 Å². The van der Waals surface area contributed by atoms with Gasteiger partial charge in [-0.25, -0.2) is 9.97 Å². The summed E-state index contributed by atoms with van der Waals surface area (Å²) in [6, 6.07) is 5.51. The molecule has 0 aliphatic rings. The first-order valence-electron chi connectivity index (χ1n) is 6.01. The van der Waals surface area contributed by atoms with Gasteiger partial charge in [-0.15, -0.1) is 0 Å². The first-order valence-corrected chi connectivity index (χ1v) is 7.62. The number of alkyl halides is 3. The number of nitrogens with zero attached hydrogens (tertiary/aromatic N) is 2. The summed E-state index contributed by atoms with van der Waals surface area (Å²) in [5.41, 5.74) is -0.729. The van der Waals surface area contributed by atoms with E-state index in [0.717, 1.165) is 28.4 Å². The van der Waals surface area contributed by atoms with Crippen LogP contribution in [0, 0.1) is 0 Å². The summed E-state index contributed by atoms with van der Waals surface area (Å²) >= 11 is 4.34. The predicted molar refractivity (Wildman–Crippen MR) is 79.5 cm³/mol. The number of aromatic nitrogens is 2. The third kappa shape index (κ3) is 4.60. The molecule has 2 rings (SSSR count). The fraction of sp³-hybridized carbons (Fsp3) is 0.231. The Labute approximate surface area is 132 Å². The van der Waals surface area contributed by atoms with Crippen LogP contribution in [-0.2, 0) is 6.18 Å². The van der Waals surface area contributed by atoms with Gasteiger partial charge in [0.2, 0.25) is 0 Å². The zero-order valence-electron chi connectivity index (χ0n) is 10.9. The van der Waals surface area contributed by atoms with Crippen LogP contribution in [0.5, 0.6) is 0 Å². The second kappa shape index (κ2) is 6.65. The lowest BCUT2D eigenvalue weighted by Gasteiger charge is -2.11. The Kier molecular flexibility index (Phi) is 5.10. The summed E-state index contributed by atoms with van der Waals surface area (Å²) in [6.45, 7) is 2.29. The van der Waals surface area contributed by atoms with Crippen LogP contribution in [0.15, 0.2) is 45.0 Å². The summed E-state index contributed by atoms with van der Waals surface area (Å²) in [6.07, 6.45) is -2.82. The number of pyridine rings is 2. The summed E-state index contributed by atoms with van der Waals surface area (Å²) in [7, 11) is 0. The van der Waals surface area contributed by atoms with Gasteiger partial charge in [-0.05, 0) is 47.1 Å². The molecular formula is C13H11BrF3N3S. The molecule has 1 N–H and O–H groups in total. The predicted octanol–water partition coefficient (Wildman–Crippen LogP) is 4.84. The molecule has 0 radical (unpaired) electrons. The molecule has 2 heterocycles. The second-order valence-electron chi connectivity index (χ2n) is 4.02. The first kappa shape index (κ1) is 16.1. The number of rotatable bonds is 4. The van der Waals surface area contributed by atoms with Crippen molar-refractivity contribution >= 4 is 33.5 Å². The van der Waals surface area contributed by atoms with Crippen molar-refractivity contribution in [2.24, 2.45) is 0 Å². The molecule has 0 fully saturated rings. The highest BCUT2D eigenvalue weighted by atomic mass is 79.9. The minimum Gasteiger partial charge on any atom is -0.370 e. The van der Waals surface area contributed by atoms with Gasteiger partial charge in [0.1, 0.15) is 15.9 Å². The monoisotopic (exact) mass is 377 g/mol. The zero-order chi connectivity index (χ0) is 15.5. The molecule has 21 heavy (non-hydrogen) atoms.